The number of nitrogens with zero attached hydrogens (tertiary/aromatic N) is 1. The molecule has 34 heavy (non-hydrogen) atoms. The molecular formula is C27H37N3O4. The van der Waals surface area contributed by atoms with E-state index >= 15 is 0 Å². The highest BCUT2D eigenvalue weighted by molar-refractivity contribution is 6.04. The lowest BCUT2D eigenvalue weighted by Crippen LogP contribution is -2.40. The fraction of sp³-hybridized carbons (Fsp3) is 0.481. The van der Waals surface area contributed by atoms with E-state index in [-0.39, 0.29) is 17.7 Å². The van der Waals surface area contributed by atoms with Crippen molar-refractivity contribution in [3.63, 3.8) is 0 Å². The Morgan fingerprint density at radius 1 is 1.09 bits per heavy atom. The molecule has 1 unspecified atom stereocenters. The lowest BCUT2D eigenvalue weighted by atomic mass is 9.97. The van der Waals surface area contributed by atoms with Crippen molar-refractivity contribution in [3.8, 4) is 11.5 Å². The number of carbonyl (C=O) groups is 2. The molecule has 184 valence electrons. The second-order valence-corrected chi connectivity index (χ2v) is 8.90. The number of hydrogen-bond acceptors (Lipinski definition) is 5. The third kappa shape index (κ3) is 7.48. The summed E-state index contributed by atoms with van der Waals surface area (Å²) in [6.07, 6.45) is 6.38. The number of nitrogens with one attached hydrogen (secondary N) is 1. The van der Waals surface area contributed by atoms with Gasteiger partial charge in [-0.15, -0.1) is 0 Å². The molecule has 0 radical (unpaired) electrons. The van der Waals surface area contributed by atoms with Crippen molar-refractivity contribution < 1.29 is 19.1 Å². The Morgan fingerprint density at radius 3 is 2.59 bits per heavy atom. The highest BCUT2D eigenvalue weighted by Crippen LogP contribution is 2.29. The minimum atomic E-state index is -0.217. The first-order valence-electron chi connectivity index (χ1n) is 12.2. The van der Waals surface area contributed by atoms with E-state index in [1.807, 2.05) is 24.3 Å². The van der Waals surface area contributed by atoms with Gasteiger partial charge in [-0.25, -0.2) is 0 Å². The number of benzene rings is 2. The summed E-state index contributed by atoms with van der Waals surface area (Å²) < 4.78 is 11.3. The average molecular weight is 468 g/mol. The molecule has 7 nitrogen and oxygen atoms in total. The lowest BCUT2D eigenvalue weighted by Gasteiger charge is -2.31. The summed E-state index contributed by atoms with van der Waals surface area (Å²) in [7, 11) is 1.58. The first-order chi connectivity index (χ1) is 16.5. The van der Waals surface area contributed by atoms with Crippen LogP contribution in [-0.4, -0.2) is 43.5 Å². The summed E-state index contributed by atoms with van der Waals surface area (Å²) in [5.74, 6) is 0.708. The highest BCUT2D eigenvalue weighted by atomic mass is 16.5. The SMILES string of the molecule is CCCCCCOc1ccc(C(=O)Nc2ccc(CN3CCCC(C(N)=O)C3)cc2)cc1OC. The van der Waals surface area contributed by atoms with E-state index in [2.05, 4.69) is 17.1 Å². The molecule has 7 heteroatoms. The van der Waals surface area contributed by atoms with Crippen molar-refractivity contribution in [3.05, 3.63) is 53.6 Å². The van der Waals surface area contributed by atoms with Crippen LogP contribution in [0, 0.1) is 5.92 Å². The van der Waals surface area contributed by atoms with Gasteiger partial charge in [0.1, 0.15) is 0 Å². The number of primary amides is 1. The van der Waals surface area contributed by atoms with Gasteiger partial charge in [-0.1, -0.05) is 38.3 Å². The number of hydrogen-bond donors (Lipinski definition) is 2. The summed E-state index contributed by atoms with van der Waals surface area (Å²) in [6.45, 7) is 5.24. The van der Waals surface area contributed by atoms with Gasteiger partial charge in [-0.2, -0.15) is 0 Å². The Hall–Kier alpha value is -3.06. The van der Waals surface area contributed by atoms with Gasteiger partial charge in [0.25, 0.3) is 5.91 Å². The molecular weight excluding hydrogens is 430 g/mol. The Morgan fingerprint density at radius 2 is 1.88 bits per heavy atom. The Kier molecular flexibility index (Phi) is 9.76. The fourth-order valence-electron chi connectivity index (χ4n) is 4.23. The summed E-state index contributed by atoms with van der Waals surface area (Å²) in [4.78, 5) is 26.5. The van der Waals surface area contributed by atoms with E-state index in [0.717, 1.165) is 50.0 Å². The van der Waals surface area contributed by atoms with Crippen LogP contribution in [0.15, 0.2) is 42.5 Å². The van der Waals surface area contributed by atoms with Crippen LogP contribution in [-0.2, 0) is 11.3 Å². The highest BCUT2D eigenvalue weighted by Gasteiger charge is 2.23. The van der Waals surface area contributed by atoms with Crippen molar-refractivity contribution in [1.29, 1.82) is 0 Å². The van der Waals surface area contributed by atoms with Gasteiger partial charge in [-0.05, 0) is 61.7 Å². The molecule has 1 heterocycles. The van der Waals surface area contributed by atoms with Crippen molar-refractivity contribution in [2.24, 2.45) is 11.7 Å². The van der Waals surface area contributed by atoms with E-state index in [1.54, 1.807) is 25.3 Å². The molecule has 2 aromatic rings. The number of carbonyl (C=O) groups excluding carboxylic acids is 2. The van der Waals surface area contributed by atoms with Crippen LogP contribution in [0.5, 0.6) is 11.5 Å². The van der Waals surface area contributed by atoms with E-state index in [4.69, 9.17) is 15.2 Å². The van der Waals surface area contributed by atoms with Gasteiger partial charge in [0.2, 0.25) is 5.91 Å². The monoisotopic (exact) mass is 467 g/mol. The first-order valence-corrected chi connectivity index (χ1v) is 12.2. The Bertz CT molecular complexity index is 945. The van der Waals surface area contributed by atoms with Crippen LogP contribution >= 0.6 is 0 Å². The van der Waals surface area contributed by atoms with Crippen molar-refractivity contribution >= 4 is 17.5 Å². The molecule has 1 saturated heterocycles. The maximum Gasteiger partial charge on any atom is 0.255 e. The molecule has 1 aliphatic heterocycles. The van der Waals surface area contributed by atoms with Crippen LogP contribution in [0.25, 0.3) is 0 Å². The van der Waals surface area contributed by atoms with Crippen LogP contribution < -0.4 is 20.5 Å². The predicted octanol–water partition coefficient (Wildman–Crippen LogP) is 4.60. The van der Waals surface area contributed by atoms with Gasteiger partial charge >= 0.3 is 0 Å². The maximum absolute atomic E-state index is 12.8. The van der Waals surface area contributed by atoms with Crippen LogP contribution in [0.2, 0.25) is 0 Å². The van der Waals surface area contributed by atoms with E-state index in [1.165, 1.54) is 12.8 Å². The molecule has 0 saturated carbocycles. The van der Waals surface area contributed by atoms with Crippen LogP contribution in [0.1, 0.15) is 61.4 Å². The number of rotatable bonds is 12. The molecule has 0 bridgehead atoms. The van der Waals surface area contributed by atoms with Gasteiger partial charge in [0, 0.05) is 24.3 Å². The number of methoxy groups -OCH3 is 1. The summed E-state index contributed by atoms with van der Waals surface area (Å²) in [6, 6.07) is 13.0. The quantitative estimate of drug-likeness (QED) is 0.445. The molecule has 2 amide bonds. The van der Waals surface area contributed by atoms with Gasteiger partial charge in [-0.3, -0.25) is 14.5 Å². The average Bonchev–Trinajstić information content (AvgIpc) is 2.85. The third-order valence-corrected chi connectivity index (χ3v) is 6.21. The van der Waals surface area contributed by atoms with Crippen molar-refractivity contribution in [2.45, 2.75) is 52.0 Å². The normalized spacial score (nSPS) is 16.1. The van der Waals surface area contributed by atoms with E-state index in [0.29, 0.717) is 30.2 Å². The van der Waals surface area contributed by atoms with Crippen LogP contribution in [0.3, 0.4) is 0 Å². The molecule has 1 aliphatic rings. The molecule has 3 N–H and O–H groups in total. The molecule has 1 fully saturated rings. The van der Waals surface area contributed by atoms with Crippen molar-refractivity contribution in [2.75, 3.05) is 32.1 Å². The number of piperidine rings is 1. The van der Waals surface area contributed by atoms with Gasteiger partial charge in [0.15, 0.2) is 11.5 Å². The number of unbranched alkanes of at least 4 members (excludes halogenated alkanes) is 3. The summed E-state index contributed by atoms with van der Waals surface area (Å²) in [5, 5.41) is 2.94. The summed E-state index contributed by atoms with van der Waals surface area (Å²) >= 11 is 0. The first kappa shape index (κ1) is 25.6. The summed E-state index contributed by atoms with van der Waals surface area (Å²) in [5.41, 5.74) is 7.83. The lowest BCUT2D eigenvalue weighted by molar-refractivity contribution is -0.123. The van der Waals surface area contributed by atoms with Gasteiger partial charge < -0.3 is 20.5 Å². The predicted molar refractivity (Wildman–Crippen MR) is 134 cm³/mol. The standard InChI is InChI=1S/C27H37N3O4/c1-3-4-5-6-16-34-24-14-11-21(17-25(24)33-2)27(32)29-23-12-9-20(10-13-23)18-30-15-7-8-22(19-30)26(28)31/h9-14,17,22H,3-8,15-16,18-19H2,1-2H3,(H2,28,31)(H,29,32). The van der Waals surface area contributed by atoms with Gasteiger partial charge in [0.05, 0.1) is 19.6 Å². The second-order valence-electron chi connectivity index (χ2n) is 8.90. The zero-order valence-corrected chi connectivity index (χ0v) is 20.3. The number of likely N-dealkylation sites (tertiary alicyclic amines) is 1. The minimum Gasteiger partial charge on any atom is -0.493 e. The smallest absolute Gasteiger partial charge is 0.255 e. The molecule has 0 spiro atoms. The third-order valence-electron chi connectivity index (χ3n) is 6.21. The number of anilines is 1. The molecule has 0 aliphatic carbocycles. The Labute approximate surface area is 202 Å². The van der Waals surface area contributed by atoms with Crippen LogP contribution in [0.4, 0.5) is 5.69 Å². The van der Waals surface area contributed by atoms with E-state index in [9.17, 15) is 9.59 Å². The van der Waals surface area contributed by atoms with E-state index < -0.39 is 0 Å². The second kappa shape index (κ2) is 13.0. The molecule has 0 aromatic heterocycles. The largest absolute Gasteiger partial charge is 0.493 e. The molecule has 3 rings (SSSR count). The fourth-order valence-corrected chi connectivity index (χ4v) is 4.23. The topological polar surface area (TPSA) is 93.9 Å². The molecule has 2 aromatic carbocycles. The maximum atomic E-state index is 12.8. The zero-order chi connectivity index (χ0) is 24.3. The Balaban J connectivity index is 1.54. The van der Waals surface area contributed by atoms with Crippen molar-refractivity contribution in [1.82, 2.24) is 4.90 Å². The minimum absolute atomic E-state index is 0.0675. The zero-order valence-electron chi connectivity index (χ0n) is 20.3. The molecule has 1 atom stereocenters. The number of amides is 2. The number of nitrogens with two attached hydrogens (primary N) is 1. The number of ether oxygens (including phenoxy) is 2.